The van der Waals surface area contributed by atoms with Crippen molar-refractivity contribution in [3.63, 3.8) is 0 Å². The smallest absolute Gasteiger partial charge is 0.151 e. The molecule has 1 aliphatic rings. The fraction of sp³-hybridized carbons (Fsp3) is 0.333. The highest BCUT2D eigenvalue weighted by Gasteiger charge is 2.20. The molecule has 1 aliphatic heterocycles. The Labute approximate surface area is 97.9 Å². The van der Waals surface area contributed by atoms with Crippen LogP contribution in [-0.4, -0.2) is 27.2 Å². The quantitative estimate of drug-likeness (QED) is 0.745. The first-order chi connectivity index (χ1) is 7.86. The lowest BCUT2D eigenvalue weighted by Gasteiger charge is -2.01. The van der Waals surface area contributed by atoms with E-state index in [-0.39, 0.29) is 0 Å². The number of pyridine rings is 1. The Morgan fingerprint density at radius 3 is 3.12 bits per heavy atom. The van der Waals surface area contributed by atoms with E-state index in [0.717, 1.165) is 17.6 Å². The topological polar surface area (TPSA) is 34.4 Å². The molecule has 1 atom stereocenters. The summed E-state index contributed by atoms with van der Waals surface area (Å²) in [5, 5.41) is 0. The van der Waals surface area contributed by atoms with Crippen LogP contribution in [0.3, 0.4) is 0 Å². The average Bonchev–Trinajstić information content (AvgIpc) is 2.96. The standard InChI is InChI=1S/C12H12N2OS/c15-7-9-1-2-12-13-11(6-14(12)5-9)10-3-4-16-8-10/h1-2,5-7,10H,3-4,8H2. The predicted molar refractivity (Wildman–Crippen MR) is 65.3 cm³/mol. The summed E-state index contributed by atoms with van der Waals surface area (Å²) in [5.41, 5.74) is 2.78. The fourth-order valence-electron chi connectivity index (χ4n) is 2.06. The summed E-state index contributed by atoms with van der Waals surface area (Å²) in [6.45, 7) is 0. The van der Waals surface area contributed by atoms with Crippen LogP contribution in [0.4, 0.5) is 0 Å². The summed E-state index contributed by atoms with van der Waals surface area (Å²) in [6.07, 6.45) is 5.97. The van der Waals surface area contributed by atoms with Gasteiger partial charge in [-0.15, -0.1) is 0 Å². The van der Waals surface area contributed by atoms with E-state index in [1.807, 2.05) is 34.5 Å². The normalized spacial score (nSPS) is 20.4. The van der Waals surface area contributed by atoms with Gasteiger partial charge in [-0.1, -0.05) is 0 Å². The number of imidazole rings is 1. The van der Waals surface area contributed by atoms with Crippen LogP contribution in [0, 0.1) is 0 Å². The number of fused-ring (bicyclic) bond motifs is 1. The maximum absolute atomic E-state index is 10.7. The first kappa shape index (κ1) is 9.90. The zero-order chi connectivity index (χ0) is 11.0. The van der Waals surface area contributed by atoms with E-state index in [9.17, 15) is 4.79 Å². The van der Waals surface area contributed by atoms with Crippen molar-refractivity contribution >= 4 is 23.7 Å². The Morgan fingerprint density at radius 2 is 2.38 bits per heavy atom. The molecule has 0 radical (unpaired) electrons. The summed E-state index contributed by atoms with van der Waals surface area (Å²) >= 11 is 1.99. The van der Waals surface area contributed by atoms with Crippen molar-refractivity contribution in [3.05, 3.63) is 35.8 Å². The van der Waals surface area contributed by atoms with E-state index >= 15 is 0 Å². The molecule has 1 fully saturated rings. The van der Waals surface area contributed by atoms with Crippen molar-refractivity contribution < 1.29 is 4.79 Å². The molecule has 16 heavy (non-hydrogen) atoms. The lowest BCUT2D eigenvalue weighted by molar-refractivity contribution is 0.112. The average molecular weight is 232 g/mol. The van der Waals surface area contributed by atoms with Gasteiger partial charge in [0.1, 0.15) is 5.65 Å². The van der Waals surface area contributed by atoms with Gasteiger partial charge < -0.3 is 4.40 Å². The highest BCUT2D eigenvalue weighted by molar-refractivity contribution is 7.99. The minimum Gasteiger partial charge on any atom is -0.306 e. The van der Waals surface area contributed by atoms with Crippen LogP contribution in [0.2, 0.25) is 0 Å². The summed E-state index contributed by atoms with van der Waals surface area (Å²) in [4.78, 5) is 15.3. The number of hydrogen-bond acceptors (Lipinski definition) is 3. The number of hydrogen-bond donors (Lipinski definition) is 0. The van der Waals surface area contributed by atoms with Crippen LogP contribution in [0.1, 0.15) is 28.4 Å². The van der Waals surface area contributed by atoms with Gasteiger partial charge in [0.05, 0.1) is 5.69 Å². The van der Waals surface area contributed by atoms with Gasteiger partial charge in [-0.25, -0.2) is 4.98 Å². The Balaban J connectivity index is 2.04. The molecule has 0 spiro atoms. The lowest BCUT2D eigenvalue weighted by atomic mass is 10.1. The molecule has 0 bridgehead atoms. The lowest BCUT2D eigenvalue weighted by Crippen LogP contribution is -1.95. The van der Waals surface area contributed by atoms with E-state index in [1.54, 1.807) is 0 Å². The molecular formula is C12H12N2OS. The summed E-state index contributed by atoms with van der Waals surface area (Å²) in [6, 6.07) is 3.71. The molecule has 0 N–H and O–H groups in total. The van der Waals surface area contributed by atoms with Crippen LogP contribution in [-0.2, 0) is 0 Å². The van der Waals surface area contributed by atoms with Gasteiger partial charge in [0.2, 0.25) is 0 Å². The van der Waals surface area contributed by atoms with E-state index in [2.05, 4.69) is 11.2 Å². The molecule has 2 aromatic heterocycles. The van der Waals surface area contributed by atoms with Gasteiger partial charge in [-0.2, -0.15) is 11.8 Å². The first-order valence-electron chi connectivity index (χ1n) is 5.38. The Bertz CT molecular complexity index is 529. The molecular weight excluding hydrogens is 220 g/mol. The molecule has 4 heteroatoms. The second-order valence-corrected chi connectivity index (χ2v) is 5.22. The van der Waals surface area contributed by atoms with Crippen molar-refractivity contribution in [2.75, 3.05) is 11.5 Å². The molecule has 2 aromatic rings. The SMILES string of the molecule is O=Cc1ccc2nc(C3CCSC3)cn2c1. The molecule has 82 valence electrons. The largest absolute Gasteiger partial charge is 0.306 e. The molecule has 0 aromatic carbocycles. The molecule has 1 unspecified atom stereocenters. The van der Waals surface area contributed by atoms with E-state index in [4.69, 9.17) is 0 Å². The van der Waals surface area contributed by atoms with Crippen LogP contribution >= 0.6 is 11.8 Å². The predicted octanol–water partition coefficient (Wildman–Crippen LogP) is 2.37. The van der Waals surface area contributed by atoms with Crippen LogP contribution in [0.15, 0.2) is 24.5 Å². The summed E-state index contributed by atoms with van der Waals surface area (Å²) in [7, 11) is 0. The zero-order valence-corrected chi connectivity index (χ0v) is 9.61. The number of carbonyl (C=O) groups excluding carboxylic acids is 1. The monoisotopic (exact) mass is 232 g/mol. The molecule has 3 rings (SSSR count). The van der Waals surface area contributed by atoms with E-state index in [0.29, 0.717) is 11.5 Å². The van der Waals surface area contributed by atoms with Gasteiger partial charge in [-0.05, 0) is 24.3 Å². The van der Waals surface area contributed by atoms with Crippen LogP contribution < -0.4 is 0 Å². The second-order valence-electron chi connectivity index (χ2n) is 4.07. The number of aldehydes is 1. The third-order valence-electron chi connectivity index (χ3n) is 2.98. The molecule has 0 amide bonds. The molecule has 3 heterocycles. The van der Waals surface area contributed by atoms with Crippen molar-refractivity contribution in [2.24, 2.45) is 0 Å². The summed E-state index contributed by atoms with van der Waals surface area (Å²) in [5.74, 6) is 2.99. The van der Waals surface area contributed by atoms with Crippen molar-refractivity contribution in [2.45, 2.75) is 12.3 Å². The first-order valence-corrected chi connectivity index (χ1v) is 6.54. The van der Waals surface area contributed by atoms with Gasteiger partial charge >= 0.3 is 0 Å². The third-order valence-corrected chi connectivity index (χ3v) is 4.14. The minimum absolute atomic E-state index is 0.588. The maximum atomic E-state index is 10.7. The minimum atomic E-state index is 0.588. The number of aromatic nitrogens is 2. The number of thioether (sulfide) groups is 1. The van der Waals surface area contributed by atoms with Gasteiger partial charge in [0, 0.05) is 29.6 Å². The molecule has 0 saturated carbocycles. The van der Waals surface area contributed by atoms with Gasteiger partial charge in [-0.3, -0.25) is 4.79 Å². The number of nitrogens with zero attached hydrogens (tertiary/aromatic N) is 2. The second kappa shape index (κ2) is 3.94. The number of carbonyl (C=O) groups is 1. The Hall–Kier alpha value is -1.29. The fourth-order valence-corrected chi connectivity index (χ4v) is 3.30. The van der Waals surface area contributed by atoms with E-state index < -0.39 is 0 Å². The van der Waals surface area contributed by atoms with Gasteiger partial charge in [0.25, 0.3) is 0 Å². The van der Waals surface area contributed by atoms with Gasteiger partial charge in [0.15, 0.2) is 6.29 Å². The maximum Gasteiger partial charge on any atom is 0.151 e. The Kier molecular flexibility index (Phi) is 2.44. The molecule has 3 nitrogen and oxygen atoms in total. The third kappa shape index (κ3) is 1.63. The van der Waals surface area contributed by atoms with Crippen molar-refractivity contribution in [3.8, 4) is 0 Å². The highest BCUT2D eigenvalue weighted by atomic mass is 32.2. The zero-order valence-electron chi connectivity index (χ0n) is 8.80. The van der Waals surface area contributed by atoms with E-state index in [1.165, 1.54) is 17.9 Å². The van der Waals surface area contributed by atoms with Crippen LogP contribution in [0.25, 0.3) is 5.65 Å². The van der Waals surface area contributed by atoms with Crippen molar-refractivity contribution in [1.29, 1.82) is 0 Å². The molecule has 0 aliphatic carbocycles. The Morgan fingerprint density at radius 1 is 1.44 bits per heavy atom. The molecule has 1 saturated heterocycles. The van der Waals surface area contributed by atoms with Crippen molar-refractivity contribution in [1.82, 2.24) is 9.38 Å². The summed E-state index contributed by atoms with van der Waals surface area (Å²) < 4.78 is 1.95. The van der Waals surface area contributed by atoms with Crippen LogP contribution in [0.5, 0.6) is 0 Å². The highest BCUT2D eigenvalue weighted by Crippen LogP contribution is 2.31. The number of rotatable bonds is 2.